The normalized spacial score (nSPS) is 10.6. The highest BCUT2D eigenvalue weighted by molar-refractivity contribution is 5.90. The van der Waals surface area contributed by atoms with Crippen LogP contribution in [0.5, 0.6) is 23.1 Å². The molecule has 2 aromatic carbocycles. The van der Waals surface area contributed by atoms with Gasteiger partial charge in [0, 0.05) is 43.2 Å². The van der Waals surface area contributed by atoms with E-state index in [1.165, 1.54) is 37.5 Å². The van der Waals surface area contributed by atoms with Crippen molar-refractivity contribution < 1.29 is 19.0 Å². The third kappa shape index (κ3) is 5.29. The highest BCUT2D eigenvalue weighted by atomic mass is 16.5. The van der Waals surface area contributed by atoms with Gasteiger partial charge in [0.1, 0.15) is 5.75 Å². The van der Waals surface area contributed by atoms with Crippen molar-refractivity contribution in [1.29, 1.82) is 0 Å². The minimum atomic E-state index is -0.208. The lowest BCUT2D eigenvalue weighted by molar-refractivity contribution is -0.116. The predicted octanol–water partition coefficient (Wildman–Crippen LogP) is 3.41. The van der Waals surface area contributed by atoms with Crippen LogP contribution in [0.15, 0.2) is 66.1 Å². The standard InChI is InChI=1S/C24H23N5O5/c1-32-20-12-18-19(13-21(20)33-2)27-15-29(24(18)31)10-4-7-22(30)28-16-5-3-6-17(11-16)34-23-14-25-8-9-26-23/h3,5-6,8-9,11-15H,4,7,10H2,1-2H3,(H,28,30). The molecule has 0 spiro atoms. The van der Waals surface area contributed by atoms with Crippen molar-refractivity contribution in [3.63, 3.8) is 0 Å². The van der Waals surface area contributed by atoms with Gasteiger partial charge in [-0.3, -0.25) is 19.1 Å². The molecular formula is C24H23N5O5. The molecule has 0 atom stereocenters. The Kier molecular flexibility index (Phi) is 6.97. The summed E-state index contributed by atoms with van der Waals surface area (Å²) >= 11 is 0. The average Bonchev–Trinajstić information content (AvgIpc) is 2.85. The second-order valence-corrected chi connectivity index (χ2v) is 7.29. The minimum Gasteiger partial charge on any atom is -0.493 e. The molecule has 1 N–H and O–H groups in total. The lowest BCUT2D eigenvalue weighted by Crippen LogP contribution is -2.22. The summed E-state index contributed by atoms with van der Waals surface area (Å²) in [5.41, 5.74) is 0.900. The van der Waals surface area contributed by atoms with Crippen LogP contribution in [-0.4, -0.2) is 39.6 Å². The van der Waals surface area contributed by atoms with Gasteiger partial charge in [0.25, 0.3) is 5.56 Å². The summed E-state index contributed by atoms with van der Waals surface area (Å²) in [6, 6.07) is 10.3. The van der Waals surface area contributed by atoms with Gasteiger partial charge in [0.05, 0.1) is 37.6 Å². The molecule has 10 heteroatoms. The molecule has 0 saturated heterocycles. The lowest BCUT2D eigenvalue weighted by Gasteiger charge is -2.11. The van der Waals surface area contributed by atoms with Crippen molar-refractivity contribution >= 4 is 22.5 Å². The van der Waals surface area contributed by atoms with Crippen LogP contribution in [0.1, 0.15) is 12.8 Å². The number of nitrogens with zero attached hydrogens (tertiary/aromatic N) is 4. The lowest BCUT2D eigenvalue weighted by atomic mass is 10.2. The van der Waals surface area contributed by atoms with Gasteiger partial charge in [-0.15, -0.1) is 0 Å². The molecule has 2 heterocycles. The SMILES string of the molecule is COc1cc2ncn(CCCC(=O)Nc3cccc(Oc4cnccn4)c3)c(=O)c2cc1OC. The summed E-state index contributed by atoms with van der Waals surface area (Å²) in [4.78, 5) is 37.6. The molecule has 0 radical (unpaired) electrons. The van der Waals surface area contributed by atoms with E-state index in [1.807, 2.05) is 0 Å². The van der Waals surface area contributed by atoms with Gasteiger partial charge in [-0.2, -0.15) is 0 Å². The molecule has 2 aromatic heterocycles. The zero-order chi connectivity index (χ0) is 23.9. The largest absolute Gasteiger partial charge is 0.493 e. The second-order valence-electron chi connectivity index (χ2n) is 7.29. The molecule has 0 aliphatic carbocycles. The molecule has 1 amide bonds. The Morgan fingerprint density at radius 1 is 1.06 bits per heavy atom. The van der Waals surface area contributed by atoms with Crippen molar-refractivity contribution in [2.24, 2.45) is 0 Å². The summed E-state index contributed by atoms with van der Waals surface area (Å²) in [5, 5.41) is 3.26. The van der Waals surface area contributed by atoms with Crippen LogP contribution >= 0.6 is 0 Å². The first-order valence-electron chi connectivity index (χ1n) is 10.5. The van der Waals surface area contributed by atoms with Gasteiger partial charge in [-0.05, 0) is 24.6 Å². The number of carbonyl (C=O) groups excluding carboxylic acids is 1. The van der Waals surface area contributed by atoms with Gasteiger partial charge in [-0.25, -0.2) is 9.97 Å². The summed E-state index contributed by atoms with van der Waals surface area (Å²) in [6.45, 7) is 0.347. The Morgan fingerprint density at radius 2 is 1.88 bits per heavy atom. The Hall–Kier alpha value is -4.47. The number of rotatable bonds is 9. The van der Waals surface area contributed by atoms with Crippen LogP contribution < -0.4 is 25.1 Å². The molecule has 4 aromatic rings. The number of aromatic nitrogens is 4. The van der Waals surface area contributed by atoms with E-state index in [9.17, 15) is 9.59 Å². The Bertz CT molecular complexity index is 1360. The van der Waals surface area contributed by atoms with Crippen LogP contribution in [-0.2, 0) is 11.3 Å². The van der Waals surface area contributed by atoms with Crippen molar-refractivity contribution in [1.82, 2.24) is 19.5 Å². The number of nitrogens with one attached hydrogen (secondary N) is 1. The number of amides is 1. The van der Waals surface area contributed by atoms with E-state index >= 15 is 0 Å². The fraction of sp³-hybridized carbons (Fsp3) is 0.208. The van der Waals surface area contributed by atoms with Gasteiger partial charge in [-0.1, -0.05) is 6.07 Å². The summed E-state index contributed by atoms with van der Waals surface area (Å²) in [7, 11) is 3.03. The molecule has 4 rings (SSSR count). The van der Waals surface area contributed by atoms with Gasteiger partial charge >= 0.3 is 0 Å². The maximum Gasteiger partial charge on any atom is 0.261 e. The molecule has 0 fully saturated rings. The van der Waals surface area contributed by atoms with Crippen LogP contribution in [0.2, 0.25) is 0 Å². The number of hydrogen-bond acceptors (Lipinski definition) is 8. The van der Waals surface area contributed by atoms with Crippen molar-refractivity contribution in [2.75, 3.05) is 19.5 Å². The van der Waals surface area contributed by atoms with Gasteiger partial charge in [0.2, 0.25) is 11.8 Å². The minimum absolute atomic E-state index is 0.176. The monoisotopic (exact) mass is 461 g/mol. The predicted molar refractivity (Wildman–Crippen MR) is 126 cm³/mol. The molecule has 174 valence electrons. The Morgan fingerprint density at radius 3 is 2.65 bits per heavy atom. The molecule has 0 aliphatic heterocycles. The summed E-state index contributed by atoms with van der Waals surface area (Å²) in [6.07, 6.45) is 6.75. The molecule has 0 bridgehead atoms. The number of aryl methyl sites for hydroxylation is 1. The number of fused-ring (bicyclic) bond motifs is 1. The highest BCUT2D eigenvalue weighted by Gasteiger charge is 2.12. The first kappa shape index (κ1) is 22.7. The quantitative estimate of drug-likeness (QED) is 0.403. The van der Waals surface area contributed by atoms with Crippen LogP contribution in [0.25, 0.3) is 10.9 Å². The van der Waals surface area contributed by atoms with E-state index in [2.05, 4.69) is 20.3 Å². The maximum atomic E-state index is 12.9. The van der Waals surface area contributed by atoms with Crippen LogP contribution in [0, 0.1) is 0 Å². The second kappa shape index (κ2) is 10.4. The number of carbonyl (C=O) groups is 1. The average molecular weight is 461 g/mol. The summed E-state index contributed by atoms with van der Waals surface area (Å²) in [5.74, 6) is 1.67. The van der Waals surface area contributed by atoms with E-state index in [1.54, 1.807) is 42.6 Å². The highest BCUT2D eigenvalue weighted by Crippen LogP contribution is 2.29. The Labute approximate surface area is 195 Å². The number of anilines is 1. The van der Waals surface area contributed by atoms with E-state index in [-0.39, 0.29) is 17.9 Å². The topological polar surface area (TPSA) is 117 Å². The van der Waals surface area contributed by atoms with Crippen molar-refractivity contribution in [2.45, 2.75) is 19.4 Å². The number of benzene rings is 2. The summed E-state index contributed by atoms with van der Waals surface area (Å²) < 4.78 is 17.7. The van der Waals surface area contributed by atoms with Crippen molar-refractivity contribution in [3.8, 4) is 23.1 Å². The first-order chi connectivity index (χ1) is 16.6. The van der Waals surface area contributed by atoms with E-state index in [0.29, 0.717) is 52.7 Å². The zero-order valence-electron chi connectivity index (χ0n) is 18.7. The molecule has 0 unspecified atom stereocenters. The van der Waals surface area contributed by atoms with E-state index in [4.69, 9.17) is 14.2 Å². The molecule has 0 aliphatic rings. The van der Waals surface area contributed by atoms with E-state index < -0.39 is 0 Å². The van der Waals surface area contributed by atoms with Crippen LogP contribution in [0.4, 0.5) is 5.69 Å². The third-order valence-corrected chi connectivity index (χ3v) is 5.01. The van der Waals surface area contributed by atoms with E-state index in [0.717, 1.165) is 0 Å². The number of methoxy groups -OCH3 is 2. The van der Waals surface area contributed by atoms with Gasteiger partial charge < -0.3 is 19.5 Å². The fourth-order valence-corrected chi connectivity index (χ4v) is 3.37. The van der Waals surface area contributed by atoms with Crippen LogP contribution in [0.3, 0.4) is 0 Å². The molecule has 10 nitrogen and oxygen atoms in total. The Balaban J connectivity index is 1.36. The molecule has 34 heavy (non-hydrogen) atoms. The zero-order valence-corrected chi connectivity index (χ0v) is 18.7. The molecule has 0 saturated carbocycles. The first-order valence-corrected chi connectivity index (χ1v) is 10.5. The number of hydrogen-bond donors (Lipinski definition) is 1. The number of ether oxygens (including phenoxy) is 3. The third-order valence-electron chi connectivity index (χ3n) is 5.01. The molecular weight excluding hydrogens is 438 g/mol. The van der Waals surface area contributed by atoms with Gasteiger partial charge in [0.15, 0.2) is 11.5 Å². The fourth-order valence-electron chi connectivity index (χ4n) is 3.37. The maximum absolute atomic E-state index is 12.9. The smallest absolute Gasteiger partial charge is 0.261 e. The van der Waals surface area contributed by atoms with Crippen molar-refractivity contribution in [3.05, 3.63) is 71.7 Å².